The molecule has 0 unspecified atom stereocenters. The minimum Gasteiger partial charge on any atom is -0.455 e. The molecule has 0 bridgehead atoms. The molecule has 0 spiro atoms. The van der Waals surface area contributed by atoms with Crippen molar-refractivity contribution in [1.82, 2.24) is 4.98 Å². The first-order valence-corrected chi connectivity index (χ1v) is 10.2. The average Bonchev–Trinajstić information content (AvgIpc) is 3.12. The predicted octanol–water partition coefficient (Wildman–Crippen LogP) is 7.89. The van der Waals surface area contributed by atoms with Gasteiger partial charge in [-0.2, -0.15) is 0 Å². The number of rotatable bonds is 3. The van der Waals surface area contributed by atoms with E-state index in [4.69, 9.17) is 4.42 Å². The molecule has 0 saturated carbocycles. The molecular formula is C27H22FNO. The number of nitrogens with zero attached hydrogens (tertiary/aromatic N) is 1. The van der Waals surface area contributed by atoms with Crippen LogP contribution in [0.3, 0.4) is 0 Å². The van der Waals surface area contributed by atoms with E-state index < -0.39 is 0 Å². The van der Waals surface area contributed by atoms with Gasteiger partial charge in [-0.15, -0.1) is 0 Å². The molecule has 0 N–H and O–H groups in total. The van der Waals surface area contributed by atoms with Gasteiger partial charge in [-0.3, -0.25) is 4.98 Å². The minimum absolute atomic E-state index is 0.237. The summed E-state index contributed by atoms with van der Waals surface area (Å²) >= 11 is 0. The van der Waals surface area contributed by atoms with Crippen molar-refractivity contribution >= 4 is 21.9 Å². The summed E-state index contributed by atoms with van der Waals surface area (Å²) in [6.07, 6.45) is 1.94. The number of aromatic nitrogens is 1. The molecule has 0 aliphatic carbocycles. The number of benzene rings is 3. The second-order valence-corrected chi connectivity index (χ2v) is 8.08. The van der Waals surface area contributed by atoms with Crippen LogP contribution in [0.1, 0.15) is 30.9 Å². The van der Waals surface area contributed by atoms with Gasteiger partial charge in [-0.1, -0.05) is 44.2 Å². The lowest BCUT2D eigenvalue weighted by atomic mass is 9.97. The highest BCUT2D eigenvalue weighted by atomic mass is 19.1. The van der Waals surface area contributed by atoms with E-state index >= 15 is 0 Å². The summed E-state index contributed by atoms with van der Waals surface area (Å²) in [6, 6.07) is 21.0. The van der Waals surface area contributed by atoms with Gasteiger partial charge in [0.15, 0.2) is 0 Å². The summed E-state index contributed by atoms with van der Waals surface area (Å²) in [5.41, 5.74) is 8.03. The molecular weight excluding hydrogens is 373 g/mol. The van der Waals surface area contributed by atoms with Crippen molar-refractivity contribution in [3.05, 3.63) is 89.9 Å². The van der Waals surface area contributed by atoms with Gasteiger partial charge in [-0.25, -0.2) is 4.39 Å². The molecule has 2 aromatic heterocycles. The normalized spacial score (nSPS) is 11.6. The van der Waals surface area contributed by atoms with Crippen molar-refractivity contribution in [2.45, 2.75) is 26.7 Å². The molecule has 3 aromatic carbocycles. The van der Waals surface area contributed by atoms with E-state index in [2.05, 4.69) is 62.2 Å². The molecule has 0 saturated heterocycles. The highest BCUT2D eigenvalue weighted by Crippen LogP contribution is 2.37. The van der Waals surface area contributed by atoms with Gasteiger partial charge in [0.1, 0.15) is 17.0 Å². The summed E-state index contributed by atoms with van der Waals surface area (Å²) in [6.45, 7) is 6.50. The first kappa shape index (κ1) is 18.6. The van der Waals surface area contributed by atoms with Gasteiger partial charge in [-0.05, 0) is 71.5 Å². The Kier molecular flexibility index (Phi) is 4.39. The highest BCUT2D eigenvalue weighted by molar-refractivity contribution is 6.10. The van der Waals surface area contributed by atoms with Crippen LogP contribution in [0.5, 0.6) is 0 Å². The van der Waals surface area contributed by atoms with Gasteiger partial charge < -0.3 is 4.42 Å². The number of furan rings is 1. The first-order chi connectivity index (χ1) is 14.5. The summed E-state index contributed by atoms with van der Waals surface area (Å²) in [4.78, 5) is 4.69. The summed E-state index contributed by atoms with van der Waals surface area (Å²) in [5, 5.41) is 2.13. The smallest absolute Gasteiger partial charge is 0.144 e. The highest BCUT2D eigenvalue weighted by Gasteiger charge is 2.15. The van der Waals surface area contributed by atoms with Crippen molar-refractivity contribution in [3.63, 3.8) is 0 Å². The zero-order valence-corrected chi connectivity index (χ0v) is 17.2. The Bertz CT molecular complexity index is 1380. The third kappa shape index (κ3) is 3.07. The Hall–Kier alpha value is -3.46. The molecule has 2 nitrogen and oxygen atoms in total. The Balaban J connectivity index is 1.69. The molecule has 0 fully saturated rings. The average molecular weight is 395 g/mol. The lowest BCUT2D eigenvalue weighted by Crippen LogP contribution is -1.95. The van der Waals surface area contributed by atoms with Crippen molar-refractivity contribution in [1.29, 1.82) is 0 Å². The van der Waals surface area contributed by atoms with Crippen molar-refractivity contribution in [2.24, 2.45) is 0 Å². The molecule has 5 aromatic rings. The second kappa shape index (κ2) is 7.10. The largest absolute Gasteiger partial charge is 0.455 e. The van der Waals surface area contributed by atoms with E-state index in [1.54, 1.807) is 12.1 Å². The van der Waals surface area contributed by atoms with Crippen LogP contribution >= 0.6 is 0 Å². The Labute approximate surface area is 175 Å². The molecule has 0 radical (unpaired) electrons. The van der Waals surface area contributed by atoms with Crippen molar-refractivity contribution < 1.29 is 8.81 Å². The van der Waals surface area contributed by atoms with Crippen molar-refractivity contribution in [3.8, 4) is 22.4 Å². The number of halogens is 1. The van der Waals surface area contributed by atoms with Crippen LogP contribution in [-0.2, 0) is 0 Å². The van der Waals surface area contributed by atoms with Crippen LogP contribution in [0, 0.1) is 12.7 Å². The number of pyridine rings is 1. The fraction of sp³-hybridized carbons (Fsp3) is 0.148. The topological polar surface area (TPSA) is 26.0 Å². The van der Waals surface area contributed by atoms with E-state index in [0.717, 1.165) is 44.3 Å². The van der Waals surface area contributed by atoms with Gasteiger partial charge in [0.25, 0.3) is 0 Å². The molecule has 30 heavy (non-hydrogen) atoms. The number of para-hydroxylation sites is 1. The molecule has 0 atom stereocenters. The molecule has 0 aliphatic heterocycles. The van der Waals surface area contributed by atoms with Crippen LogP contribution in [-0.4, -0.2) is 4.98 Å². The van der Waals surface area contributed by atoms with E-state index in [1.165, 1.54) is 23.3 Å². The summed E-state index contributed by atoms with van der Waals surface area (Å²) in [5.74, 6) is 0.194. The second-order valence-electron chi connectivity index (χ2n) is 8.08. The van der Waals surface area contributed by atoms with Crippen LogP contribution in [0.2, 0.25) is 0 Å². The third-order valence-corrected chi connectivity index (χ3v) is 5.72. The number of fused-ring (bicyclic) bond motifs is 3. The Morgan fingerprint density at radius 1 is 0.867 bits per heavy atom. The maximum absolute atomic E-state index is 13.3. The standard InChI is InChI=1S/C27H22FNO/c1-16(2)24-14-25(29-15-17(24)3)23-6-4-5-22-21-12-9-19(13-26(21)30-27(22)23)18-7-10-20(28)11-8-18/h4-16H,1-3H3. The van der Waals surface area contributed by atoms with Crippen LogP contribution < -0.4 is 0 Å². The van der Waals surface area contributed by atoms with Crippen LogP contribution in [0.25, 0.3) is 44.3 Å². The predicted molar refractivity (Wildman–Crippen MR) is 121 cm³/mol. The van der Waals surface area contributed by atoms with Crippen LogP contribution in [0.4, 0.5) is 4.39 Å². The fourth-order valence-electron chi connectivity index (χ4n) is 4.13. The molecule has 0 amide bonds. The van der Waals surface area contributed by atoms with Gasteiger partial charge in [0.2, 0.25) is 0 Å². The van der Waals surface area contributed by atoms with E-state index in [-0.39, 0.29) is 5.82 Å². The molecule has 0 aliphatic rings. The summed E-state index contributed by atoms with van der Waals surface area (Å²) in [7, 11) is 0. The Morgan fingerprint density at radius 2 is 1.63 bits per heavy atom. The first-order valence-electron chi connectivity index (χ1n) is 10.2. The quantitative estimate of drug-likeness (QED) is 0.310. The number of hydrogen-bond acceptors (Lipinski definition) is 2. The summed E-state index contributed by atoms with van der Waals surface area (Å²) < 4.78 is 19.6. The zero-order valence-electron chi connectivity index (χ0n) is 17.2. The number of hydrogen-bond donors (Lipinski definition) is 0. The lowest BCUT2D eigenvalue weighted by Gasteiger charge is -2.11. The molecule has 5 rings (SSSR count). The third-order valence-electron chi connectivity index (χ3n) is 5.72. The maximum Gasteiger partial charge on any atom is 0.144 e. The van der Waals surface area contributed by atoms with Crippen LogP contribution in [0.15, 0.2) is 77.3 Å². The zero-order chi connectivity index (χ0) is 20.8. The van der Waals surface area contributed by atoms with E-state index in [9.17, 15) is 4.39 Å². The van der Waals surface area contributed by atoms with E-state index in [1.807, 2.05) is 12.3 Å². The maximum atomic E-state index is 13.3. The SMILES string of the molecule is Cc1cnc(-c2cccc3c2oc2cc(-c4ccc(F)cc4)ccc23)cc1C(C)C. The monoisotopic (exact) mass is 395 g/mol. The lowest BCUT2D eigenvalue weighted by molar-refractivity contribution is 0.628. The Morgan fingerprint density at radius 3 is 2.40 bits per heavy atom. The van der Waals surface area contributed by atoms with Crippen molar-refractivity contribution in [2.75, 3.05) is 0 Å². The van der Waals surface area contributed by atoms with Gasteiger partial charge in [0.05, 0.1) is 5.69 Å². The van der Waals surface area contributed by atoms with E-state index in [0.29, 0.717) is 5.92 Å². The van der Waals surface area contributed by atoms with Gasteiger partial charge >= 0.3 is 0 Å². The minimum atomic E-state index is -0.237. The number of aryl methyl sites for hydroxylation is 1. The molecule has 148 valence electrons. The molecule has 3 heteroatoms. The molecule has 2 heterocycles. The van der Waals surface area contributed by atoms with Gasteiger partial charge in [0, 0.05) is 22.5 Å². The fourth-order valence-corrected chi connectivity index (χ4v) is 4.13.